The van der Waals surface area contributed by atoms with Gasteiger partial charge in [0.2, 0.25) is 0 Å². The number of para-hydroxylation sites is 1. The first-order valence-corrected chi connectivity index (χ1v) is 8.65. The van der Waals surface area contributed by atoms with Crippen LogP contribution in [0.4, 0.5) is 0 Å². The van der Waals surface area contributed by atoms with Gasteiger partial charge in [-0.2, -0.15) is 0 Å². The number of methoxy groups -OCH3 is 1. The quantitative estimate of drug-likeness (QED) is 0.851. The third-order valence-corrected chi connectivity index (χ3v) is 4.42. The number of aliphatic hydroxyl groups excluding tert-OH is 1. The van der Waals surface area contributed by atoms with Crippen LogP contribution in [0.3, 0.4) is 0 Å². The smallest absolute Gasteiger partial charge is 0.290 e. The second-order valence-corrected chi connectivity index (χ2v) is 7.34. The molecular weight excluding hydrogens is 318 g/mol. The average molecular weight is 345 g/mol. The summed E-state index contributed by atoms with van der Waals surface area (Å²) in [6, 6.07) is 6.69. The van der Waals surface area contributed by atoms with Crippen molar-refractivity contribution in [2.24, 2.45) is 5.41 Å². The van der Waals surface area contributed by atoms with Gasteiger partial charge in [0.1, 0.15) is 5.75 Å². The molecule has 0 aliphatic carbocycles. The van der Waals surface area contributed by atoms with E-state index < -0.39 is 23.1 Å². The number of aliphatic hydroxyl groups is 1. The second kappa shape index (κ2) is 7.30. The summed E-state index contributed by atoms with van der Waals surface area (Å²) in [5.74, 6) is -0.562. The lowest BCUT2D eigenvalue weighted by Crippen LogP contribution is -2.33. The van der Waals surface area contributed by atoms with Gasteiger partial charge in [0.05, 0.1) is 18.7 Å². The minimum absolute atomic E-state index is 0.165. The monoisotopic (exact) mass is 345 g/mol. The molecular formula is C20H27NO4. The fraction of sp³-hybridized carbons (Fsp3) is 0.500. The Morgan fingerprint density at radius 3 is 2.48 bits per heavy atom. The molecule has 1 atom stereocenters. The number of carbonyl (C=O) groups excluding carboxylic acids is 2. The molecule has 1 aliphatic heterocycles. The van der Waals surface area contributed by atoms with Crippen LogP contribution in [-0.4, -0.2) is 35.4 Å². The number of ether oxygens (including phenoxy) is 1. The van der Waals surface area contributed by atoms with Gasteiger partial charge in [0.15, 0.2) is 11.5 Å². The highest BCUT2D eigenvalue weighted by Crippen LogP contribution is 2.43. The average Bonchev–Trinajstić information content (AvgIpc) is 2.82. The van der Waals surface area contributed by atoms with Crippen molar-refractivity contribution in [3.63, 3.8) is 0 Å². The summed E-state index contributed by atoms with van der Waals surface area (Å²) in [5.41, 5.74) is 0.175. The van der Waals surface area contributed by atoms with Crippen LogP contribution < -0.4 is 4.74 Å². The molecule has 1 heterocycles. The Balaban J connectivity index is 2.61. The fourth-order valence-electron chi connectivity index (χ4n) is 3.06. The number of hydrogen-bond donors (Lipinski definition) is 1. The van der Waals surface area contributed by atoms with Crippen LogP contribution in [0.1, 0.15) is 52.1 Å². The third-order valence-electron chi connectivity index (χ3n) is 4.42. The normalized spacial score (nSPS) is 18.0. The van der Waals surface area contributed by atoms with Crippen LogP contribution in [0.15, 0.2) is 35.6 Å². The van der Waals surface area contributed by atoms with Gasteiger partial charge >= 0.3 is 0 Å². The van der Waals surface area contributed by atoms with E-state index in [2.05, 4.69) is 0 Å². The summed E-state index contributed by atoms with van der Waals surface area (Å²) < 4.78 is 5.44. The molecule has 0 bridgehead atoms. The highest BCUT2D eigenvalue weighted by Gasteiger charge is 2.46. The van der Waals surface area contributed by atoms with Crippen molar-refractivity contribution in [2.45, 2.75) is 46.6 Å². The molecule has 0 spiro atoms. The molecule has 0 fully saturated rings. The number of hydrogen-bond acceptors (Lipinski definition) is 4. The zero-order chi connectivity index (χ0) is 18.8. The maximum atomic E-state index is 13.0. The standard InChI is InChI=1S/C20H27NO4/c1-6-7-12-21-16(13-10-8-9-11-14(13)25-5)15(17(22)19(21)24)18(23)20(2,3)4/h8-11,16,22H,6-7,12H2,1-5H3. The number of Topliss-reactive ketones (excluding diaryl/α,β-unsaturated/α-hetero) is 1. The van der Waals surface area contributed by atoms with Crippen molar-refractivity contribution in [1.82, 2.24) is 4.90 Å². The zero-order valence-corrected chi connectivity index (χ0v) is 15.6. The van der Waals surface area contributed by atoms with E-state index >= 15 is 0 Å². The van der Waals surface area contributed by atoms with Gasteiger partial charge in [0.25, 0.3) is 5.91 Å². The van der Waals surface area contributed by atoms with E-state index in [9.17, 15) is 14.7 Å². The Bertz CT molecular complexity index is 700. The van der Waals surface area contributed by atoms with Crippen LogP contribution in [-0.2, 0) is 9.59 Å². The van der Waals surface area contributed by atoms with Crippen molar-refractivity contribution < 1.29 is 19.4 Å². The summed E-state index contributed by atoms with van der Waals surface area (Å²) in [6.45, 7) is 7.87. The Labute approximate surface area is 149 Å². The van der Waals surface area contributed by atoms with E-state index in [-0.39, 0.29) is 11.4 Å². The molecule has 1 aromatic carbocycles. The molecule has 25 heavy (non-hydrogen) atoms. The molecule has 1 unspecified atom stereocenters. The molecule has 136 valence electrons. The number of ketones is 1. The number of nitrogens with zero attached hydrogens (tertiary/aromatic N) is 1. The van der Waals surface area contributed by atoms with Crippen molar-refractivity contribution >= 4 is 11.7 Å². The summed E-state index contributed by atoms with van der Waals surface area (Å²) in [5, 5.41) is 10.5. The number of benzene rings is 1. The Morgan fingerprint density at radius 1 is 1.28 bits per heavy atom. The van der Waals surface area contributed by atoms with Gasteiger partial charge in [-0.3, -0.25) is 9.59 Å². The first-order chi connectivity index (χ1) is 11.7. The van der Waals surface area contributed by atoms with Gasteiger partial charge in [-0.25, -0.2) is 0 Å². The molecule has 0 saturated carbocycles. The van der Waals surface area contributed by atoms with E-state index in [4.69, 9.17) is 4.74 Å². The molecule has 1 N–H and O–H groups in total. The van der Waals surface area contributed by atoms with E-state index in [0.29, 0.717) is 17.9 Å². The minimum Gasteiger partial charge on any atom is -0.503 e. The maximum Gasteiger partial charge on any atom is 0.290 e. The predicted octanol–water partition coefficient (Wildman–Crippen LogP) is 3.81. The van der Waals surface area contributed by atoms with Gasteiger partial charge in [-0.15, -0.1) is 0 Å². The molecule has 0 saturated heterocycles. The van der Waals surface area contributed by atoms with Gasteiger partial charge in [-0.05, 0) is 12.5 Å². The maximum absolute atomic E-state index is 13.0. The molecule has 0 aromatic heterocycles. The molecule has 5 heteroatoms. The number of rotatable bonds is 6. The Morgan fingerprint density at radius 2 is 1.92 bits per heavy atom. The number of carbonyl (C=O) groups is 2. The SMILES string of the molecule is CCCCN1C(=O)C(O)=C(C(=O)C(C)(C)C)C1c1ccccc1OC. The largest absolute Gasteiger partial charge is 0.503 e. The van der Waals surface area contributed by atoms with Gasteiger partial charge in [0, 0.05) is 17.5 Å². The van der Waals surface area contributed by atoms with E-state index in [1.807, 2.05) is 25.1 Å². The van der Waals surface area contributed by atoms with Crippen LogP contribution in [0.5, 0.6) is 5.75 Å². The van der Waals surface area contributed by atoms with Crippen molar-refractivity contribution in [1.29, 1.82) is 0 Å². The van der Waals surface area contributed by atoms with Crippen LogP contribution in [0, 0.1) is 5.41 Å². The summed E-state index contributed by atoms with van der Waals surface area (Å²) in [6.07, 6.45) is 1.70. The molecule has 1 aromatic rings. The second-order valence-electron chi connectivity index (χ2n) is 7.34. The van der Waals surface area contributed by atoms with Gasteiger partial charge < -0.3 is 14.7 Å². The summed E-state index contributed by atoms with van der Waals surface area (Å²) in [4.78, 5) is 27.2. The van der Waals surface area contributed by atoms with Crippen molar-refractivity contribution in [3.8, 4) is 5.75 Å². The van der Waals surface area contributed by atoms with Crippen molar-refractivity contribution in [2.75, 3.05) is 13.7 Å². The first-order valence-electron chi connectivity index (χ1n) is 8.65. The first kappa shape index (κ1) is 19.0. The van der Waals surface area contributed by atoms with Gasteiger partial charge in [-0.1, -0.05) is 52.3 Å². The lowest BCUT2D eigenvalue weighted by Gasteiger charge is -2.29. The molecule has 2 rings (SSSR count). The Hall–Kier alpha value is -2.30. The highest BCUT2D eigenvalue weighted by molar-refractivity contribution is 6.10. The summed E-state index contributed by atoms with van der Waals surface area (Å²) in [7, 11) is 1.56. The van der Waals surface area contributed by atoms with Crippen LogP contribution in [0.25, 0.3) is 0 Å². The molecule has 5 nitrogen and oxygen atoms in total. The van der Waals surface area contributed by atoms with E-state index in [1.54, 1.807) is 38.8 Å². The topological polar surface area (TPSA) is 66.8 Å². The van der Waals surface area contributed by atoms with Crippen molar-refractivity contribution in [3.05, 3.63) is 41.2 Å². The lowest BCUT2D eigenvalue weighted by molar-refractivity contribution is -0.129. The van der Waals surface area contributed by atoms with E-state index in [0.717, 1.165) is 12.8 Å². The predicted molar refractivity (Wildman–Crippen MR) is 96.5 cm³/mol. The highest BCUT2D eigenvalue weighted by atomic mass is 16.5. The lowest BCUT2D eigenvalue weighted by atomic mass is 9.82. The third kappa shape index (κ3) is 3.55. The minimum atomic E-state index is -0.704. The Kier molecular flexibility index (Phi) is 5.55. The van der Waals surface area contributed by atoms with E-state index in [1.165, 1.54) is 0 Å². The van der Waals surface area contributed by atoms with Crippen LogP contribution >= 0.6 is 0 Å². The van der Waals surface area contributed by atoms with Crippen LogP contribution in [0.2, 0.25) is 0 Å². The summed E-state index contributed by atoms with van der Waals surface area (Å²) >= 11 is 0. The fourth-order valence-corrected chi connectivity index (χ4v) is 3.06. The zero-order valence-electron chi connectivity index (χ0n) is 15.6. The molecule has 0 radical (unpaired) electrons. The number of amides is 1. The number of unbranched alkanes of at least 4 members (excludes halogenated alkanes) is 1. The molecule has 1 amide bonds. The molecule has 1 aliphatic rings.